The van der Waals surface area contributed by atoms with Crippen LogP contribution in [-0.4, -0.2) is 52.2 Å². The van der Waals surface area contributed by atoms with Crippen molar-refractivity contribution in [3.63, 3.8) is 0 Å². The van der Waals surface area contributed by atoms with E-state index >= 15 is 0 Å². The number of fused-ring (bicyclic) bond motifs is 3. The third-order valence-corrected chi connectivity index (χ3v) is 5.26. The summed E-state index contributed by atoms with van der Waals surface area (Å²) in [4.78, 5) is 17.0. The van der Waals surface area contributed by atoms with E-state index < -0.39 is 0 Å². The van der Waals surface area contributed by atoms with Crippen LogP contribution in [0.3, 0.4) is 0 Å². The Morgan fingerprint density at radius 2 is 1.94 bits per heavy atom. The molecule has 0 unspecified atom stereocenters. The zero-order valence-corrected chi connectivity index (χ0v) is 19.9. The van der Waals surface area contributed by atoms with Gasteiger partial charge in [0.25, 0.3) is 0 Å². The van der Waals surface area contributed by atoms with Crippen LogP contribution in [0, 0.1) is 12.8 Å². The number of anilines is 1. The molecule has 1 atom stereocenters. The van der Waals surface area contributed by atoms with Gasteiger partial charge >= 0.3 is 0 Å². The summed E-state index contributed by atoms with van der Waals surface area (Å²) < 4.78 is 12.6. The van der Waals surface area contributed by atoms with Crippen LogP contribution in [0.2, 0.25) is 0 Å². The molecule has 9 heteroatoms. The Kier molecular flexibility index (Phi) is 9.06. The number of hydrogen-bond acceptors (Lipinski definition) is 7. The predicted molar refractivity (Wildman–Crippen MR) is 128 cm³/mol. The number of nitrogens with one attached hydrogen (secondary N) is 1. The molecule has 8 nitrogen and oxygen atoms in total. The minimum atomic E-state index is -0.300. The van der Waals surface area contributed by atoms with Gasteiger partial charge in [-0.3, -0.25) is 9.20 Å². The number of aromatic nitrogens is 4. The van der Waals surface area contributed by atoms with Crippen molar-refractivity contribution in [1.82, 2.24) is 19.6 Å². The maximum Gasteiger partial charge on any atom is 0.204 e. The van der Waals surface area contributed by atoms with Crippen molar-refractivity contribution < 1.29 is 14.3 Å². The lowest BCUT2D eigenvalue weighted by atomic mass is 9.99. The van der Waals surface area contributed by atoms with E-state index in [1.54, 1.807) is 14.2 Å². The number of unbranched alkanes of at least 4 members (excludes halogenated alkanes) is 2. The first-order valence-corrected chi connectivity index (χ1v) is 10.4. The number of ether oxygens (including phenoxy) is 2. The van der Waals surface area contributed by atoms with Gasteiger partial charge in [0.2, 0.25) is 5.65 Å². The van der Waals surface area contributed by atoms with Gasteiger partial charge in [-0.05, 0) is 37.8 Å². The maximum atomic E-state index is 12.2. The van der Waals surface area contributed by atoms with Crippen LogP contribution in [0.15, 0.2) is 18.2 Å². The molecule has 0 radical (unpaired) electrons. The molecule has 31 heavy (non-hydrogen) atoms. The summed E-state index contributed by atoms with van der Waals surface area (Å²) in [6, 6.07) is 5.78. The van der Waals surface area contributed by atoms with Gasteiger partial charge in [0.05, 0.1) is 18.1 Å². The Morgan fingerprint density at radius 1 is 1.16 bits per heavy atom. The fourth-order valence-corrected chi connectivity index (χ4v) is 3.73. The number of carbonyl (C=O) groups is 1. The molecule has 0 bridgehead atoms. The SMILES string of the molecule is COc1ccc2c(c1)nc(NCCCCCC(=O)[C@@H](OC)C(C)C)c1nnc(C)n12.S. The summed E-state index contributed by atoms with van der Waals surface area (Å²) >= 11 is 0. The van der Waals surface area contributed by atoms with Gasteiger partial charge in [-0.1, -0.05) is 20.3 Å². The third-order valence-electron chi connectivity index (χ3n) is 5.26. The molecule has 2 heterocycles. The van der Waals surface area contributed by atoms with Crippen LogP contribution in [0.5, 0.6) is 5.75 Å². The fraction of sp³-hybridized carbons (Fsp3) is 0.545. The highest BCUT2D eigenvalue weighted by Crippen LogP contribution is 2.25. The predicted octanol–water partition coefficient (Wildman–Crippen LogP) is 3.92. The molecule has 1 aromatic carbocycles. The van der Waals surface area contributed by atoms with Crippen LogP contribution in [0.25, 0.3) is 16.7 Å². The van der Waals surface area contributed by atoms with E-state index in [4.69, 9.17) is 14.5 Å². The molecule has 0 fully saturated rings. The largest absolute Gasteiger partial charge is 0.497 e. The Hall–Kier alpha value is -2.39. The summed E-state index contributed by atoms with van der Waals surface area (Å²) in [6.45, 7) is 6.69. The first-order chi connectivity index (χ1) is 14.5. The standard InChI is InChI=1S/C22H31N5O3.H2S/c1-14(2)20(30-5)19(28)9-7-6-8-12-23-21-22-26-25-15(3)27(22)18-11-10-16(29-4)13-17(18)24-21;/h10-11,13-14,20H,6-9,12H2,1-5H3,(H,23,24);1H2/t20-;/m0./s1. The summed E-state index contributed by atoms with van der Waals surface area (Å²) in [7, 11) is 3.25. The summed E-state index contributed by atoms with van der Waals surface area (Å²) in [5.41, 5.74) is 2.47. The minimum absolute atomic E-state index is 0. The number of methoxy groups -OCH3 is 2. The minimum Gasteiger partial charge on any atom is -0.497 e. The second kappa shape index (κ2) is 11.3. The maximum absolute atomic E-state index is 12.2. The number of rotatable bonds is 11. The average Bonchev–Trinajstić information content (AvgIpc) is 3.12. The molecule has 0 spiro atoms. The van der Waals surface area contributed by atoms with Crippen LogP contribution in [-0.2, 0) is 9.53 Å². The van der Waals surface area contributed by atoms with Gasteiger partial charge in [0, 0.05) is 26.1 Å². The van der Waals surface area contributed by atoms with E-state index in [0.29, 0.717) is 17.9 Å². The van der Waals surface area contributed by atoms with Crippen molar-refractivity contribution in [3.05, 3.63) is 24.0 Å². The topological polar surface area (TPSA) is 90.6 Å². The van der Waals surface area contributed by atoms with Gasteiger partial charge in [-0.2, -0.15) is 13.5 Å². The molecule has 0 amide bonds. The first-order valence-electron chi connectivity index (χ1n) is 10.4. The van der Waals surface area contributed by atoms with E-state index in [1.807, 2.05) is 43.4 Å². The number of ketones is 1. The van der Waals surface area contributed by atoms with Crippen LogP contribution in [0.4, 0.5) is 5.82 Å². The molecule has 3 aromatic rings. The molecule has 1 N–H and O–H groups in total. The zero-order chi connectivity index (χ0) is 21.7. The highest BCUT2D eigenvalue weighted by Gasteiger charge is 2.20. The smallest absolute Gasteiger partial charge is 0.204 e. The van der Waals surface area contributed by atoms with E-state index in [1.165, 1.54) is 0 Å². The van der Waals surface area contributed by atoms with Crippen LogP contribution >= 0.6 is 13.5 Å². The molecular formula is C22H33N5O3S. The third kappa shape index (κ3) is 5.65. The molecule has 2 aromatic heterocycles. The second-order valence-corrected chi connectivity index (χ2v) is 7.83. The summed E-state index contributed by atoms with van der Waals surface area (Å²) in [5.74, 6) is 2.65. The van der Waals surface area contributed by atoms with Gasteiger partial charge in [0.15, 0.2) is 11.6 Å². The highest BCUT2D eigenvalue weighted by atomic mass is 32.1. The first kappa shape index (κ1) is 24.9. The van der Waals surface area contributed by atoms with Gasteiger partial charge < -0.3 is 14.8 Å². The number of nitrogens with zero attached hydrogens (tertiary/aromatic N) is 4. The lowest BCUT2D eigenvalue weighted by Gasteiger charge is -2.17. The van der Waals surface area contributed by atoms with E-state index in [9.17, 15) is 4.79 Å². The van der Waals surface area contributed by atoms with E-state index in [0.717, 1.165) is 48.4 Å². The number of aryl methyl sites for hydroxylation is 1. The zero-order valence-electron chi connectivity index (χ0n) is 18.9. The number of carbonyl (C=O) groups excluding carboxylic acids is 1. The quantitative estimate of drug-likeness (QED) is 0.446. The molecule has 3 rings (SSSR count). The normalized spacial score (nSPS) is 12.2. The molecule has 170 valence electrons. The van der Waals surface area contributed by atoms with Crippen molar-refractivity contribution in [2.45, 2.75) is 52.6 Å². The van der Waals surface area contributed by atoms with Crippen molar-refractivity contribution in [2.75, 3.05) is 26.1 Å². The van der Waals surface area contributed by atoms with Crippen molar-refractivity contribution >= 4 is 41.8 Å². The fourth-order valence-electron chi connectivity index (χ4n) is 3.73. The Balaban J connectivity index is 0.00000341. The van der Waals surface area contributed by atoms with Gasteiger partial charge in [-0.15, -0.1) is 10.2 Å². The summed E-state index contributed by atoms with van der Waals surface area (Å²) in [5, 5.41) is 11.9. The van der Waals surface area contributed by atoms with E-state index in [-0.39, 0.29) is 31.3 Å². The number of Topliss-reactive ketones (excluding diaryl/α,β-unsaturated/α-hetero) is 1. The molecule has 0 saturated carbocycles. The average molecular weight is 448 g/mol. The van der Waals surface area contributed by atoms with Crippen molar-refractivity contribution in [3.8, 4) is 5.75 Å². The summed E-state index contributed by atoms with van der Waals surface area (Å²) in [6.07, 6.45) is 3.00. The molecule has 0 aliphatic carbocycles. The molecule has 0 saturated heterocycles. The van der Waals surface area contributed by atoms with E-state index in [2.05, 4.69) is 15.5 Å². The van der Waals surface area contributed by atoms with Crippen LogP contribution < -0.4 is 10.1 Å². The number of benzene rings is 1. The van der Waals surface area contributed by atoms with Gasteiger partial charge in [-0.25, -0.2) is 4.98 Å². The Bertz CT molecular complexity index is 1020. The lowest BCUT2D eigenvalue weighted by Crippen LogP contribution is -2.28. The molecule has 0 aliphatic rings. The van der Waals surface area contributed by atoms with Crippen molar-refractivity contribution in [2.24, 2.45) is 5.92 Å². The Labute approximate surface area is 190 Å². The lowest BCUT2D eigenvalue weighted by molar-refractivity contribution is -0.131. The number of hydrogen-bond donors (Lipinski definition) is 1. The van der Waals surface area contributed by atoms with Crippen LogP contribution in [0.1, 0.15) is 45.4 Å². The van der Waals surface area contributed by atoms with Crippen molar-refractivity contribution in [1.29, 1.82) is 0 Å². The Morgan fingerprint density at radius 3 is 2.61 bits per heavy atom. The second-order valence-electron chi connectivity index (χ2n) is 7.83. The van der Waals surface area contributed by atoms with Gasteiger partial charge in [0.1, 0.15) is 17.7 Å². The monoisotopic (exact) mass is 447 g/mol. The molecular weight excluding hydrogens is 414 g/mol. The molecule has 0 aliphatic heterocycles. The highest BCUT2D eigenvalue weighted by molar-refractivity contribution is 7.59.